The predicted molar refractivity (Wildman–Crippen MR) is 61.4 cm³/mol. The van der Waals surface area contributed by atoms with Crippen molar-refractivity contribution in [2.45, 2.75) is 37.8 Å². The molecule has 5 nitrogen and oxygen atoms in total. The van der Waals surface area contributed by atoms with Crippen molar-refractivity contribution in [3.63, 3.8) is 0 Å². The second-order valence-electron chi connectivity index (χ2n) is 4.58. The van der Waals surface area contributed by atoms with Gasteiger partial charge >= 0.3 is 18.2 Å². The van der Waals surface area contributed by atoms with Crippen LogP contribution >= 0.6 is 0 Å². The van der Waals surface area contributed by atoms with E-state index in [-0.39, 0.29) is 31.4 Å². The van der Waals surface area contributed by atoms with E-state index in [9.17, 15) is 18.0 Å². The van der Waals surface area contributed by atoms with Crippen molar-refractivity contribution < 1.29 is 27.8 Å². The molecule has 20 heavy (non-hydrogen) atoms. The summed E-state index contributed by atoms with van der Waals surface area (Å²) in [4.78, 5) is 17.6. The summed E-state index contributed by atoms with van der Waals surface area (Å²) in [6, 6.07) is 0.606. The fraction of sp³-hybridized carbons (Fsp3) is 0.583. The lowest BCUT2D eigenvalue weighted by atomic mass is 10.2. The molecule has 1 aromatic heterocycles. The highest BCUT2D eigenvalue weighted by Crippen LogP contribution is 2.41. The predicted octanol–water partition coefficient (Wildman–Crippen LogP) is 2.62. The number of carbonyl (C=O) groups is 1. The molecule has 0 bridgehead atoms. The number of carboxylic acid groups (broad SMARTS) is 1. The molecule has 0 spiro atoms. The molecule has 0 aromatic carbocycles. The molecule has 1 aliphatic rings. The number of ether oxygens (including phenoxy) is 1. The minimum Gasteiger partial charge on any atom is -0.481 e. The van der Waals surface area contributed by atoms with Gasteiger partial charge in [-0.25, -0.2) is 0 Å². The van der Waals surface area contributed by atoms with Crippen molar-refractivity contribution >= 4 is 5.97 Å². The molecule has 1 saturated carbocycles. The lowest BCUT2D eigenvalue weighted by Crippen LogP contribution is -2.12. The third-order valence-corrected chi connectivity index (χ3v) is 2.78. The Morgan fingerprint density at radius 1 is 1.40 bits per heavy atom. The van der Waals surface area contributed by atoms with Crippen LogP contribution in [0.15, 0.2) is 6.07 Å². The first-order chi connectivity index (χ1) is 9.36. The van der Waals surface area contributed by atoms with Gasteiger partial charge in [-0.2, -0.15) is 23.1 Å². The highest BCUT2D eigenvalue weighted by Gasteiger charge is 2.36. The number of alkyl halides is 3. The van der Waals surface area contributed by atoms with Crippen LogP contribution in [0.4, 0.5) is 13.2 Å². The van der Waals surface area contributed by atoms with E-state index in [4.69, 9.17) is 9.84 Å². The van der Waals surface area contributed by atoms with E-state index in [1.807, 2.05) is 0 Å². The highest BCUT2D eigenvalue weighted by molar-refractivity contribution is 5.66. The first-order valence-electron chi connectivity index (χ1n) is 6.17. The summed E-state index contributed by atoms with van der Waals surface area (Å²) >= 11 is 0. The van der Waals surface area contributed by atoms with Gasteiger partial charge in [-0.1, -0.05) is 0 Å². The van der Waals surface area contributed by atoms with Crippen LogP contribution < -0.4 is 4.74 Å². The van der Waals surface area contributed by atoms with E-state index in [2.05, 4.69) is 9.97 Å². The van der Waals surface area contributed by atoms with E-state index >= 15 is 0 Å². The lowest BCUT2D eigenvalue weighted by Gasteiger charge is -2.10. The fourth-order valence-electron chi connectivity index (χ4n) is 1.63. The third-order valence-electron chi connectivity index (χ3n) is 2.78. The molecule has 0 radical (unpaired) electrons. The molecular weight excluding hydrogens is 277 g/mol. The summed E-state index contributed by atoms with van der Waals surface area (Å²) in [5.74, 6) is -0.947. The van der Waals surface area contributed by atoms with Crippen LogP contribution in [0.25, 0.3) is 0 Å². The van der Waals surface area contributed by atoms with Crippen molar-refractivity contribution in [3.8, 4) is 6.01 Å². The van der Waals surface area contributed by atoms with Crippen molar-refractivity contribution in [2.75, 3.05) is 6.61 Å². The molecule has 8 heteroatoms. The Morgan fingerprint density at radius 3 is 2.65 bits per heavy atom. The van der Waals surface area contributed by atoms with Gasteiger partial charge in [-0.3, -0.25) is 4.79 Å². The monoisotopic (exact) mass is 290 g/mol. The number of aromatic nitrogens is 2. The maximum absolute atomic E-state index is 12.7. The maximum Gasteiger partial charge on any atom is 0.433 e. The standard InChI is InChI=1S/C12H13F3N2O3/c13-12(14,15)9-6-8(7-3-4-7)16-11(17-9)20-5-1-2-10(18)19/h6-7H,1-5H2,(H,18,19). The molecule has 0 atom stereocenters. The fourth-order valence-corrected chi connectivity index (χ4v) is 1.63. The zero-order chi connectivity index (χ0) is 14.8. The quantitative estimate of drug-likeness (QED) is 0.815. The summed E-state index contributed by atoms with van der Waals surface area (Å²) in [5, 5.41) is 8.45. The molecule has 1 fully saturated rings. The first kappa shape index (κ1) is 14.5. The van der Waals surface area contributed by atoms with Crippen LogP contribution in [0.5, 0.6) is 6.01 Å². The number of hydrogen-bond donors (Lipinski definition) is 1. The average Bonchev–Trinajstić information content (AvgIpc) is 3.17. The molecular formula is C12H13F3N2O3. The second kappa shape index (κ2) is 5.64. The van der Waals surface area contributed by atoms with E-state index in [0.717, 1.165) is 18.9 Å². The Hall–Kier alpha value is -1.86. The molecule has 1 aliphatic carbocycles. The minimum absolute atomic E-state index is 0.0300. The second-order valence-corrected chi connectivity index (χ2v) is 4.58. The number of carboxylic acids is 1. The van der Waals surface area contributed by atoms with Gasteiger partial charge in [-0.15, -0.1) is 0 Å². The number of rotatable bonds is 6. The number of nitrogens with zero attached hydrogens (tertiary/aromatic N) is 2. The third kappa shape index (κ3) is 4.07. The smallest absolute Gasteiger partial charge is 0.433 e. The van der Waals surface area contributed by atoms with Gasteiger partial charge in [0.05, 0.1) is 12.3 Å². The van der Waals surface area contributed by atoms with Gasteiger partial charge in [0.1, 0.15) is 0 Å². The van der Waals surface area contributed by atoms with E-state index in [1.54, 1.807) is 0 Å². The van der Waals surface area contributed by atoms with Gasteiger partial charge in [0.25, 0.3) is 0 Å². The molecule has 2 rings (SSSR count). The SMILES string of the molecule is O=C(O)CCCOc1nc(C2CC2)cc(C(F)(F)F)n1. The molecule has 1 aromatic rings. The summed E-state index contributed by atoms with van der Waals surface area (Å²) < 4.78 is 43.1. The minimum atomic E-state index is -4.55. The van der Waals surface area contributed by atoms with Crippen LogP contribution in [0, 0.1) is 0 Å². The Kier molecular flexibility index (Phi) is 4.10. The van der Waals surface area contributed by atoms with Crippen LogP contribution in [0.2, 0.25) is 0 Å². The van der Waals surface area contributed by atoms with E-state index < -0.39 is 17.8 Å². The zero-order valence-corrected chi connectivity index (χ0v) is 10.5. The Labute approximate surface area is 112 Å². The van der Waals surface area contributed by atoms with E-state index in [0.29, 0.717) is 5.69 Å². The Bertz CT molecular complexity index is 501. The molecule has 0 amide bonds. The first-order valence-corrected chi connectivity index (χ1v) is 6.17. The van der Waals surface area contributed by atoms with Gasteiger partial charge in [0.15, 0.2) is 5.69 Å². The Morgan fingerprint density at radius 2 is 2.10 bits per heavy atom. The number of aliphatic carboxylic acids is 1. The maximum atomic E-state index is 12.7. The zero-order valence-electron chi connectivity index (χ0n) is 10.5. The lowest BCUT2D eigenvalue weighted by molar-refractivity contribution is -0.141. The van der Waals surface area contributed by atoms with E-state index in [1.165, 1.54) is 0 Å². The van der Waals surface area contributed by atoms with Gasteiger partial charge in [-0.05, 0) is 25.3 Å². The largest absolute Gasteiger partial charge is 0.481 e. The summed E-state index contributed by atoms with van der Waals surface area (Å²) in [6.07, 6.45) is -2.85. The van der Waals surface area contributed by atoms with Crippen LogP contribution in [0.3, 0.4) is 0 Å². The molecule has 1 N–H and O–H groups in total. The van der Waals surface area contributed by atoms with Crippen LogP contribution in [-0.4, -0.2) is 27.7 Å². The molecule has 0 unspecified atom stereocenters. The van der Waals surface area contributed by atoms with Crippen molar-refractivity contribution in [1.29, 1.82) is 0 Å². The highest BCUT2D eigenvalue weighted by atomic mass is 19.4. The van der Waals surface area contributed by atoms with Gasteiger partial charge in [0, 0.05) is 12.3 Å². The molecule has 0 aliphatic heterocycles. The average molecular weight is 290 g/mol. The normalized spacial score (nSPS) is 15.2. The summed E-state index contributed by atoms with van der Waals surface area (Å²) in [6.45, 7) is -0.0300. The van der Waals surface area contributed by atoms with Crippen LogP contribution in [-0.2, 0) is 11.0 Å². The topological polar surface area (TPSA) is 72.3 Å². The molecule has 110 valence electrons. The van der Waals surface area contributed by atoms with Crippen LogP contribution in [0.1, 0.15) is 43.0 Å². The van der Waals surface area contributed by atoms with Gasteiger partial charge in [0.2, 0.25) is 0 Å². The van der Waals surface area contributed by atoms with Gasteiger partial charge < -0.3 is 9.84 Å². The summed E-state index contributed by atoms with van der Waals surface area (Å²) in [7, 11) is 0. The number of halogens is 3. The molecule has 1 heterocycles. The number of hydrogen-bond acceptors (Lipinski definition) is 4. The molecule has 0 saturated heterocycles. The van der Waals surface area contributed by atoms with Crippen molar-refractivity contribution in [3.05, 3.63) is 17.5 Å². The Balaban J connectivity index is 2.07. The van der Waals surface area contributed by atoms with Crippen molar-refractivity contribution in [1.82, 2.24) is 9.97 Å². The van der Waals surface area contributed by atoms with Crippen molar-refractivity contribution in [2.24, 2.45) is 0 Å². The summed E-state index contributed by atoms with van der Waals surface area (Å²) in [5.41, 5.74) is -0.691.